The van der Waals surface area contributed by atoms with Crippen molar-refractivity contribution < 1.29 is 9.59 Å². The van der Waals surface area contributed by atoms with Crippen LogP contribution < -0.4 is 0 Å². The largest absolute Gasteiger partial charge is 0.300 e. The molecular formula is C24H40O2. The molecule has 0 aromatic rings. The van der Waals surface area contributed by atoms with Crippen molar-refractivity contribution in [1.82, 2.24) is 0 Å². The van der Waals surface area contributed by atoms with Crippen LogP contribution in [0, 0.1) is 29.6 Å². The normalized spacial score (nSPS) is 35.3. The van der Waals surface area contributed by atoms with E-state index in [0.29, 0.717) is 42.2 Å². The van der Waals surface area contributed by atoms with Gasteiger partial charge in [0.25, 0.3) is 0 Å². The van der Waals surface area contributed by atoms with E-state index in [1.54, 1.807) is 0 Å². The van der Waals surface area contributed by atoms with Crippen LogP contribution in [0.2, 0.25) is 0 Å². The van der Waals surface area contributed by atoms with Crippen molar-refractivity contribution in [3.63, 3.8) is 0 Å². The van der Waals surface area contributed by atoms with Gasteiger partial charge >= 0.3 is 0 Å². The Balaban J connectivity index is 1.37. The third kappa shape index (κ3) is 5.67. The minimum atomic E-state index is 0.326. The maximum Gasteiger partial charge on any atom is 0.136 e. The maximum atomic E-state index is 12.8. The third-order valence-corrected chi connectivity index (χ3v) is 7.76. The monoisotopic (exact) mass is 360 g/mol. The van der Waals surface area contributed by atoms with Crippen LogP contribution in [0.3, 0.4) is 0 Å². The molecule has 26 heavy (non-hydrogen) atoms. The van der Waals surface area contributed by atoms with E-state index in [1.807, 2.05) is 0 Å². The molecule has 2 heteroatoms. The first-order valence-electron chi connectivity index (χ1n) is 11.7. The Morgan fingerprint density at radius 2 is 1.54 bits per heavy atom. The molecule has 148 valence electrons. The first-order valence-corrected chi connectivity index (χ1v) is 11.7. The van der Waals surface area contributed by atoms with Crippen molar-refractivity contribution in [1.29, 1.82) is 0 Å². The first kappa shape index (κ1) is 20.1. The fourth-order valence-corrected chi connectivity index (χ4v) is 6.18. The lowest BCUT2D eigenvalue weighted by molar-refractivity contribution is -0.127. The molecule has 5 unspecified atom stereocenters. The van der Waals surface area contributed by atoms with Crippen LogP contribution in [0.25, 0.3) is 0 Å². The zero-order chi connectivity index (χ0) is 18.4. The second-order valence-electron chi connectivity index (χ2n) is 9.79. The van der Waals surface area contributed by atoms with E-state index in [2.05, 4.69) is 6.92 Å². The SMILES string of the molecule is CC1CCCC(CC(=O)CCCC(=O)C2CCCC3CCCCC32)CC1. The minimum absolute atomic E-state index is 0.326. The summed E-state index contributed by atoms with van der Waals surface area (Å²) in [5.41, 5.74) is 0. The molecular weight excluding hydrogens is 320 g/mol. The summed E-state index contributed by atoms with van der Waals surface area (Å²) in [4.78, 5) is 25.2. The van der Waals surface area contributed by atoms with Gasteiger partial charge in [0.05, 0.1) is 0 Å². The van der Waals surface area contributed by atoms with Gasteiger partial charge < -0.3 is 0 Å². The number of hydrogen-bond donors (Lipinski definition) is 0. The Hall–Kier alpha value is -0.660. The van der Waals surface area contributed by atoms with Gasteiger partial charge in [-0.1, -0.05) is 64.7 Å². The molecule has 0 spiro atoms. The number of hydrogen-bond acceptors (Lipinski definition) is 2. The number of rotatable bonds is 7. The Morgan fingerprint density at radius 3 is 2.42 bits per heavy atom. The molecule has 3 rings (SSSR count). The van der Waals surface area contributed by atoms with Gasteiger partial charge in [-0.25, -0.2) is 0 Å². The average molecular weight is 361 g/mol. The van der Waals surface area contributed by atoms with Gasteiger partial charge in [0.15, 0.2) is 0 Å². The van der Waals surface area contributed by atoms with E-state index in [1.165, 1.54) is 70.6 Å². The van der Waals surface area contributed by atoms with Gasteiger partial charge in [0, 0.05) is 25.2 Å². The highest BCUT2D eigenvalue weighted by Crippen LogP contribution is 2.44. The van der Waals surface area contributed by atoms with E-state index in [4.69, 9.17) is 0 Å². The molecule has 5 atom stereocenters. The Kier molecular flexibility index (Phi) is 7.76. The molecule has 3 aliphatic carbocycles. The van der Waals surface area contributed by atoms with Crippen molar-refractivity contribution >= 4 is 11.6 Å². The molecule has 0 aromatic heterocycles. The summed E-state index contributed by atoms with van der Waals surface area (Å²) in [6, 6.07) is 0. The molecule has 2 nitrogen and oxygen atoms in total. The molecule has 0 amide bonds. The average Bonchev–Trinajstić information content (AvgIpc) is 2.85. The predicted molar refractivity (Wildman–Crippen MR) is 107 cm³/mol. The second kappa shape index (κ2) is 10.0. The Labute approximate surface area is 160 Å². The summed E-state index contributed by atoms with van der Waals surface area (Å²) < 4.78 is 0. The smallest absolute Gasteiger partial charge is 0.136 e. The van der Waals surface area contributed by atoms with Crippen LogP contribution in [0.15, 0.2) is 0 Å². The second-order valence-corrected chi connectivity index (χ2v) is 9.79. The summed E-state index contributed by atoms with van der Waals surface area (Å²) in [6.45, 7) is 2.35. The van der Waals surface area contributed by atoms with E-state index in [0.717, 1.165) is 31.1 Å². The summed E-state index contributed by atoms with van der Waals surface area (Å²) in [5.74, 6) is 4.18. The highest BCUT2D eigenvalue weighted by molar-refractivity contribution is 5.83. The van der Waals surface area contributed by atoms with Crippen molar-refractivity contribution in [3.8, 4) is 0 Å². The van der Waals surface area contributed by atoms with E-state index >= 15 is 0 Å². The summed E-state index contributed by atoms with van der Waals surface area (Å²) in [6.07, 6.45) is 18.3. The Bertz CT molecular complexity index is 467. The van der Waals surface area contributed by atoms with Gasteiger partial charge in [-0.05, 0) is 49.4 Å². The topological polar surface area (TPSA) is 34.1 Å². The molecule has 0 aromatic carbocycles. The fraction of sp³-hybridized carbons (Fsp3) is 0.917. The van der Waals surface area contributed by atoms with Crippen molar-refractivity contribution in [2.75, 3.05) is 0 Å². The molecule has 3 aliphatic rings. The van der Waals surface area contributed by atoms with Crippen LogP contribution in [0.5, 0.6) is 0 Å². The highest BCUT2D eigenvalue weighted by atomic mass is 16.1. The van der Waals surface area contributed by atoms with Crippen LogP contribution in [-0.4, -0.2) is 11.6 Å². The van der Waals surface area contributed by atoms with Gasteiger partial charge in [0.2, 0.25) is 0 Å². The molecule has 3 fully saturated rings. The molecule has 0 N–H and O–H groups in total. The molecule has 0 saturated heterocycles. The number of ketones is 2. The molecule has 0 radical (unpaired) electrons. The van der Waals surface area contributed by atoms with Crippen molar-refractivity contribution in [3.05, 3.63) is 0 Å². The first-order chi connectivity index (χ1) is 12.6. The van der Waals surface area contributed by atoms with Crippen LogP contribution in [0.1, 0.15) is 110 Å². The number of carbonyl (C=O) groups excluding carboxylic acids is 2. The molecule has 3 saturated carbocycles. The quantitative estimate of drug-likeness (QED) is 0.485. The molecule has 0 aliphatic heterocycles. The van der Waals surface area contributed by atoms with E-state index in [9.17, 15) is 9.59 Å². The minimum Gasteiger partial charge on any atom is -0.300 e. The lowest BCUT2D eigenvalue weighted by Crippen LogP contribution is -2.35. The number of fused-ring (bicyclic) bond motifs is 1. The lowest BCUT2D eigenvalue weighted by atomic mass is 9.64. The van der Waals surface area contributed by atoms with Gasteiger partial charge in [0.1, 0.15) is 11.6 Å². The third-order valence-electron chi connectivity index (χ3n) is 7.76. The lowest BCUT2D eigenvalue weighted by Gasteiger charge is -2.40. The van der Waals surface area contributed by atoms with Crippen LogP contribution in [0.4, 0.5) is 0 Å². The maximum absolute atomic E-state index is 12.8. The number of carbonyl (C=O) groups is 2. The highest BCUT2D eigenvalue weighted by Gasteiger charge is 2.37. The number of Topliss-reactive ketones (excluding diaryl/α,β-unsaturated/α-hetero) is 2. The summed E-state index contributed by atoms with van der Waals surface area (Å²) in [5, 5.41) is 0. The van der Waals surface area contributed by atoms with Crippen LogP contribution in [-0.2, 0) is 9.59 Å². The standard InChI is InChI=1S/C24H40O2/c1-18-7-4-8-19(16-15-18)17-21(25)11-6-14-24(26)23-13-5-10-20-9-2-3-12-22(20)23/h18-20,22-23H,2-17H2,1H3. The van der Waals surface area contributed by atoms with Crippen molar-refractivity contribution in [2.45, 2.75) is 110 Å². The van der Waals surface area contributed by atoms with Crippen LogP contribution >= 0.6 is 0 Å². The van der Waals surface area contributed by atoms with E-state index in [-0.39, 0.29) is 0 Å². The predicted octanol–water partition coefficient (Wildman–Crippen LogP) is 6.51. The summed E-state index contributed by atoms with van der Waals surface area (Å²) >= 11 is 0. The van der Waals surface area contributed by atoms with E-state index < -0.39 is 0 Å². The van der Waals surface area contributed by atoms with Crippen molar-refractivity contribution in [2.24, 2.45) is 29.6 Å². The van der Waals surface area contributed by atoms with Gasteiger partial charge in [-0.15, -0.1) is 0 Å². The Morgan fingerprint density at radius 1 is 0.769 bits per heavy atom. The molecule has 0 heterocycles. The fourth-order valence-electron chi connectivity index (χ4n) is 6.18. The summed E-state index contributed by atoms with van der Waals surface area (Å²) in [7, 11) is 0. The molecule has 0 bridgehead atoms. The van der Waals surface area contributed by atoms with Gasteiger partial charge in [-0.2, -0.15) is 0 Å². The zero-order valence-corrected chi connectivity index (χ0v) is 17.0. The van der Waals surface area contributed by atoms with Gasteiger partial charge in [-0.3, -0.25) is 9.59 Å². The zero-order valence-electron chi connectivity index (χ0n) is 17.0.